The fourth-order valence-electron chi connectivity index (χ4n) is 2.04. The fourth-order valence-corrected chi connectivity index (χ4v) is 2.31. The van der Waals surface area contributed by atoms with Crippen LogP contribution < -0.4 is 0 Å². The second-order valence-corrected chi connectivity index (χ2v) is 4.03. The summed E-state index contributed by atoms with van der Waals surface area (Å²) in [5, 5.41) is 8.76. The Balaban J connectivity index is 2.84. The molecule has 1 aromatic rings. The van der Waals surface area contributed by atoms with E-state index in [-0.39, 0.29) is 10.2 Å². The number of hydrogen-bond acceptors (Lipinski definition) is 2. The summed E-state index contributed by atoms with van der Waals surface area (Å²) in [6.45, 7) is 0. The van der Waals surface area contributed by atoms with Gasteiger partial charge in [-0.25, -0.2) is 0 Å². The zero-order valence-electron chi connectivity index (χ0n) is 8.11. The molecule has 6 heteroatoms. The molecule has 1 N–H and O–H groups in total. The SMILES string of the molecule is N#Cc1c(C(F)(F)F)c2c([nH]c1=S)CCC2. The lowest BCUT2D eigenvalue weighted by Gasteiger charge is -2.13. The molecular formula is C10H7F3N2S. The number of nitriles is 1. The average Bonchev–Trinajstić information content (AvgIpc) is 2.60. The standard InChI is InChI=1S/C10H7F3N2S/c11-10(12,13)8-5-2-1-3-7(5)15-9(16)6(8)4-14/h1-3H2,(H,15,16). The van der Waals surface area contributed by atoms with E-state index in [0.29, 0.717) is 25.0 Å². The highest BCUT2D eigenvalue weighted by molar-refractivity contribution is 7.71. The predicted octanol–water partition coefficient (Wildman–Crippen LogP) is 3.12. The van der Waals surface area contributed by atoms with Gasteiger partial charge in [-0.05, 0) is 24.8 Å². The topological polar surface area (TPSA) is 39.6 Å². The number of aryl methyl sites for hydroxylation is 1. The largest absolute Gasteiger partial charge is 0.418 e. The van der Waals surface area contributed by atoms with Crippen molar-refractivity contribution in [3.8, 4) is 6.07 Å². The minimum Gasteiger partial charge on any atom is -0.349 e. The van der Waals surface area contributed by atoms with Crippen molar-refractivity contribution in [2.45, 2.75) is 25.4 Å². The van der Waals surface area contributed by atoms with Crippen LogP contribution in [0.3, 0.4) is 0 Å². The molecule has 0 fully saturated rings. The van der Waals surface area contributed by atoms with E-state index in [1.165, 1.54) is 0 Å². The number of nitrogens with zero attached hydrogens (tertiary/aromatic N) is 1. The number of nitrogens with one attached hydrogen (secondary N) is 1. The van der Waals surface area contributed by atoms with E-state index >= 15 is 0 Å². The lowest BCUT2D eigenvalue weighted by Crippen LogP contribution is -2.13. The normalized spacial score (nSPS) is 14.6. The highest BCUT2D eigenvalue weighted by atomic mass is 32.1. The van der Waals surface area contributed by atoms with Gasteiger partial charge in [-0.1, -0.05) is 12.2 Å². The third-order valence-corrected chi connectivity index (χ3v) is 2.96. The molecule has 1 aromatic heterocycles. The maximum atomic E-state index is 12.9. The van der Waals surface area contributed by atoms with Crippen LogP contribution in [0.5, 0.6) is 0 Å². The van der Waals surface area contributed by atoms with Crippen molar-refractivity contribution in [2.24, 2.45) is 0 Å². The summed E-state index contributed by atoms with van der Waals surface area (Å²) in [7, 11) is 0. The molecule has 84 valence electrons. The van der Waals surface area contributed by atoms with E-state index in [9.17, 15) is 13.2 Å². The van der Waals surface area contributed by atoms with Gasteiger partial charge in [0.05, 0.1) is 11.1 Å². The van der Waals surface area contributed by atoms with Crippen LogP contribution in [0.15, 0.2) is 0 Å². The molecule has 0 spiro atoms. The lowest BCUT2D eigenvalue weighted by molar-refractivity contribution is -0.138. The number of hydrogen-bond donors (Lipinski definition) is 1. The highest BCUT2D eigenvalue weighted by Gasteiger charge is 2.39. The lowest BCUT2D eigenvalue weighted by atomic mass is 10.0. The van der Waals surface area contributed by atoms with E-state index in [4.69, 9.17) is 17.5 Å². The van der Waals surface area contributed by atoms with Gasteiger partial charge in [-0.15, -0.1) is 0 Å². The van der Waals surface area contributed by atoms with Crippen molar-refractivity contribution in [1.82, 2.24) is 4.98 Å². The third-order valence-electron chi connectivity index (χ3n) is 2.66. The number of fused-ring (bicyclic) bond motifs is 1. The van der Waals surface area contributed by atoms with Crippen molar-refractivity contribution < 1.29 is 13.2 Å². The van der Waals surface area contributed by atoms with Gasteiger partial charge in [0.2, 0.25) is 0 Å². The average molecular weight is 244 g/mol. The van der Waals surface area contributed by atoms with Gasteiger partial charge < -0.3 is 4.98 Å². The van der Waals surface area contributed by atoms with Crippen molar-refractivity contribution in [3.05, 3.63) is 27.0 Å². The Morgan fingerprint density at radius 3 is 2.56 bits per heavy atom. The molecule has 0 bridgehead atoms. The van der Waals surface area contributed by atoms with Crippen LogP contribution in [0.1, 0.15) is 28.8 Å². The summed E-state index contributed by atoms with van der Waals surface area (Å²) in [5.74, 6) is 0. The Hall–Kier alpha value is -1.35. The smallest absolute Gasteiger partial charge is 0.349 e. The maximum Gasteiger partial charge on any atom is 0.418 e. The van der Waals surface area contributed by atoms with Crippen molar-refractivity contribution in [1.29, 1.82) is 5.26 Å². The molecule has 1 heterocycles. The van der Waals surface area contributed by atoms with Crippen LogP contribution in [0, 0.1) is 16.0 Å². The van der Waals surface area contributed by atoms with E-state index in [1.54, 1.807) is 6.07 Å². The van der Waals surface area contributed by atoms with E-state index in [2.05, 4.69) is 4.98 Å². The van der Waals surface area contributed by atoms with Gasteiger partial charge in [0.25, 0.3) is 0 Å². The summed E-state index contributed by atoms with van der Waals surface area (Å²) >= 11 is 4.77. The van der Waals surface area contributed by atoms with Crippen LogP contribution in [0.25, 0.3) is 0 Å². The Labute approximate surface area is 94.7 Å². The van der Waals surface area contributed by atoms with Gasteiger partial charge in [0.15, 0.2) is 0 Å². The molecule has 2 rings (SSSR count). The number of rotatable bonds is 0. The summed E-state index contributed by atoms with van der Waals surface area (Å²) in [5.41, 5.74) is -0.566. The first kappa shape index (κ1) is 11.1. The first-order valence-corrected chi connectivity index (χ1v) is 5.11. The molecule has 0 aromatic carbocycles. The summed E-state index contributed by atoms with van der Waals surface area (Å²) < 4.78 is 38.5. The Morgan fingerprint density at radius 1 is 1.31 bits per heavy atom. The monoisotopic (exact) mass is 244 g/mol. The highest BCUT2D eigenvalue weighted by Crippen LogP contribution is 2.38. The molecule has 1 aliphatic carbocycles. The molecule has 0 saturated heterocycles. The molecule has 2 nitrogen and oxygen atoms in total. The number of halogens is 3. The summed E-state index contributed by atoms with van der Waals surface area (Å²) in [4.78, 5) is 2.71. The molecule has 16 heavy (non-hydrogen) atoms. The number of pyridine rings is 1. The molecule has 0 amide bonds. The first-order chi connectivity index (χ1) is 7.45. The minimum atomic E-state index is -4.51. The summed E-state index contributed by atoms with van der Waals surface area (Å²) in [6, 6.07) is 1.54. The number of alkyl halides is 3. The third kappa shape index (κ3) is 1.61. The van der Waals surface area contributed by atoms with E-state index < -0.39 is 17.3 Å². The van der Waals surface area contributed by atoms with Crippen molar-refractivity contribution >= 4 is 12.2 Å². The van der Waals surface area contributed by atoms with Crippen molar-refractivity contribution in [3.63, 3.8) is 0 Å². The Morgan fingerprint density at radius 2 is 2.00 bits per heavy atom. The van der Waals surface area contributed by atoms with E-state index in [0.717, 1.165) is 0 Å². The molecular weight excluding hydrogens is 237 g/mol. The minimum absolute atomic E-state index is 0.115. The zero-order valence-corrected chi connectivity index (χ0v) is 8.93. The van der Waals surface area contributed by atoms with Gasteiger partial charge in [0, 0.05) is 5.69 Å². The Kier molecular flexibility index (Phi) is 2.50. The van der Waals surface area contributed by atoms with Gasteiger partial charge in [0.1, 0.15) is 10.7 Å². The van der Waals surface area contributed by atoms with Crippen LogP contribution in [0.2, 0.25) is 0 Å². The van der Waals surface area contributed by atoms with Gasteiger partial charge in [-0.3, -0.25) is 0 Å². The van der Waals surface area contributed by atoms with Gasteiger partial charge in [-0.2, -0.15) is 18.4 Å². The fraction of sp³-hybridized carbons (Fsp3) is 0.400. The van der Waals surface area contributed by atoms with Crippen molar-refractivity contribution in [2.75, 3.05) is 0 Å². The van der Waals surface area contributed by atoms with Crippen LogP contribution in [0.4, 0.5) is 13.2 Å². The quantitative estimate of drug-likeness (QED) is 0.712. The summed E-state index contributed by atoms with van der Waals surface area (Å²) in [6.07, 6.45) is -2.93. The number of aromatic nitrogens is 1. The first-order valence-electron chi connectivity index (χ1n) is 4.70. The van der Waals surface area contributed by atoms with Gasteiger partial charge >= 0.3 is 6.18 Å². The second-order valence-electron chi connectivity index (χ2n) is 3.62. The molecule has 0 unspecified atom stereocenters. The van der Waals surface area contributed by atoms with Crippen LogP contribution in [-0.4, -0.2) is 4.98 Å². The maximum absolute atomic E-state index is 12.9. The molecule has 0 saturated carbocycles. The number of aromatic amines is 1. The number of H-pyrrole nitrogens is 1. The molecule has 0 radical (unpaired) electrons. The second kappa shape index (κ2) is 3.59. The predicted molar refractivity (Wildman–Crippen MR) is 53.4 cm³/mol. The van der Waals surface area contributed by atoms with Crippen LogP contribution >= 0.6 is 12.2 Å². The van der Waals surface area contributed by atoms with E-state index in [1.807, 2.05) is 0 Å². The van der Waals surface area contributed by atoms with Crippen LogP contribution in [-0.2, 0) is 19.0 Å². The molecule has 1 aliphatic rings. The molecule has 0 aliphatic heterocycles. The zero-order chi connectivity index (χ0) is 11.9. The molecule has 0 atom stereocenters. The Bertz CT molecular complexity index is 537.